The van der Waals surface area contributed by atoms with Gasteiger partial charge in [0, 0.05) is 44.1 Å². The van der Waals surface area contributed by atoms with E-state index in [0.717, 1.165) is 35.5 Å². The minimum absolute atomic E-state index is 0.00933. The highest BCUT2D eigenvalue weighted by molar-refractivity contribution is 6.05. The summed E-state index contributed by atoms with van der Waals surface area (Å²) in [7, 11) is 0. The average Bonchev–Trinajstić information content (AvgIpc) is 3.13. The fourth-order valence-electron chi connectivity index (χ4n) is 4.32. The zero-order chi connectivity index (χ0) is 25.1. The van der Waals surface area contributed by atoms with E-state index >= 15 is 0 Å². The number of rotatable bonds is 6. The first-order valence-electron chi connectivity index (χ1n) is 12.4. The number of pyridine rings is 2. The molecule has 1 aliphatic heterocycles. The van der Waals surface area contributed by atoms with E-state index in [-0.39, 0.29) is 23.8 Å². The van der Waals surface area contributed by atoms with Crippen molar-refractivity contribution in [1.82, 2.24) is 24.6 Å². The normalized spacial score (nSPS) is 14.6. The van der Waals surface area contributed by atoms with Gasteiger partial charge in [-0.15, -0.1) is 0 Å². The van der Waals surface area contributed by atoms with Gasteiger partial charge in [-0.1, -0.05) is 13.8 Å². The molecule has 3 aromatic rings. The van der Waals surface area contributed by atoms with E-state index in [9.17, 15) is 9.59 Å². The molecule has 0 saturated carbocycles. The lowest BCUT2D eigenvalue weighted by Crippen LogP contribution is -2.35. The van der Waals surface area contributed by atoms with Crippen LogP contribution in [0.2, 0.25) is 0 Å². The van der Waals surface area contributed by atoms with Crippen molar-refractivity contribution in [3.63, 3.8) is 0 Å². The Labute approximate surface area is 206 Å². The number of carbonyl (C=O) groups is 2. The van der Waals surface area contributed by atoms with Crippen molar-refractivity contribution in [2.75, 3.05) is 37.7 Å². The number of aromatic nitrogens is 4. The molecule has 0 radical (unpaired) electrons. The predicted molar refractivity (Wildman–Crippen MR) is 135 cm³/mol. The summed E-state index contributed by atoms with van der Waals surface area (Å²) in [6.07, 6.45) is 4.14. The van der Waals surface area contributed by atoms with Crippen molar-refractivity contribution in [2.45, 2.75) is 53.0 Å². The Morgan fingerprint density at radius 1 is 1.06 bits per heavy atom. The van der Waals surface area contributed by atoms with Crippen LogP contribution in [0.15, 0.2) is 30.6 Å². The van der Waals surface area contributed by atoms with Crippen LogP contribution in [-0.4, -0.2) is 69.3 Å². The standard InChI is InChI=1S/C26H34N6O3/c1-6-35-26(34)19-8-9-23(27-15-19)30-10-7-11-31(13-12-30)25(33)20-14-22(17(2)3)29-24-21(20)16-28-32(24)18(4)5/h8-9,14-18H,6-7,10-13H2,1-5H3. The van der Waals surface area contributed by atoms with Crippen LogP contribution in [-0.2, 0) is 4.74 Å². The third-order valence-electron chi connectivity index (χ3n) is 6.26. The number of nitrogens with zero attached hydrogens (tertiary/aromatic N) is 6. The first kappa shape index (κ1) is 24.6. The van der Waals surface area contributed by atoms with Gasteiger partial charge in [0.15, 0.2) is 5.65 Å². The molecule has 0 spiro atoms. The van der Waals surface area contributed by atoms with Crippen LogP contribution in [0.1, 0.15) is 79.4 Å². The van der Waals surface area contributed by atoms with Crippen LogP contribution in [0.5, 0.6) is 0 Å². The second-order valence-corrected chi connectivity index (χ2v) is 9.43. The first-order valence-corrected chi connectivity index (χ1v) is 12.4. The van der Waals surface area contributed by atoms with Crippen molar-refractivity contribution in [2.24, 2.45) is 0 Å². The van der Waals surface area contributed by atoms with E-state index in [1.54, 1.807) is 25.4 Å². The number of hydrogen-bond acceptors (Lipinski definition) is 7. The quantitative estimate of drug-likeness (QED) is 0.493. The number of anilines is 1. The maximum absolute atomic E-state index is 13.7. The second-order valence-electron chi connectivity index (χ2n) is 9.43. The van der Waals surface area contributed by atoms with Crippen LogP contribution >= 0.6 is 0 Å². The van der Waals surface area contributed by atoms with Gasteiger partial charge in [0.2, 0.25) is 0 Å². The Bertz CT molecular complexity index is 1200. The van der Waals surface area contributed by atoms with Crippen molar-refractivity contribution in [1.29, 1.82) is 0 Å². The maximum atomic E-state index is 13.7. The Hall–Kier alpha value is -3.49. The molecule has 1 amide bonds. The van der Waals surface area contributed by atoms with Gasteiger partial charge in [-0.05, 0) is 51.3 Å². The predicted octanol–water partition coefficient (Wildman–Crippen LogP) is 4.06. The molecule has 0 unspecified atom stereocenters. The number of ether oxygens (including phenoxy) is 1. The van der Waals surface area contributed by atoms with E-state index in [1.165, 1.54) is 0 Å². The molecule has 1 saturated heterocycles. The zero-order valence-electron chi connectivity index (χ0n) is 21.2. The third-order valence-corrected chi connectivity index (χ3v) is 6.26. The van der Waals surface area contributed by atoms with E-state index < -0.39 is 0 Å². The Morgan fingerprint density at radius 3 is 2.51 bits per heavy atom. The fourth-order valence-corrected chi connectivity index (χ4v) is 4.32. The van der Waals surface area contributed by atoms with E-state index in [1.807, 2.05) is 21.7 Å². The summed E-state index contributed by atoms with van der Waals surface area (Å²) in [6.45, 7) is 13.1. The Morgan fingerprint density at radius 2 is 1.86 bits per heavy atom. The summed E-state index contributed by atoms with van der Waals surface area (Å²) in [5, 5.41) is 5.32. The molecule has 0 bridgehead atoms. The second kappa shape index (κ2) is 10.4. The van der Waals surface area contributed by atoms with Gasteiger partial charge in [0.1, 0.15) is 5.82 Å². The molecule has 0 aliphatic carbocycles. The van der Waals surface area contributed by atoms with E-state index in [0.29, 0.717) is 37.4 Å². The van der Waals surface area contributed by atoms with Gasteiger partial charge in [0.25, 0.3) is 5.91 Å². The summed E-state index contributed by atoms with van der Waals surface area (Å²) < 4.78 is 6.92. The largest absolute Gasteiger partial charge is 0.462 e. The fraction of sp³-hybridized carbons (Fsp3) is 0.500. The molecular weight excluding hydrogens is 444 g/mol. The van der Waals surface area contributed by atoms with Gasteiger partial charge in [0.05, 0.1) is 29.3 Å². The monoisotopic (exact) mass is 478 g/mol. The summed E-state index contributed by atoms with van der Waals surface area (Å²) >= 11 is 0. The molecule has 0 atom stereocenters. The number of fused-ring (bicyclic) bond motifs is 1. The first-order chi connectivity index (χ1) is 16.8. The number of carbonyl (C=O) groups excluding carboxylic acids is 2. The summed E-state index contributed by atoms with van der Waals surface area (Å²) in [6, 6.07) is 5.66. The van der Waals surface area contributed by atoms with Crippen LogP contribution in [0.4, 0.5) is 5.82 Å². The molecule has 3 aromatic heterocycles. The van der Waals surface area contributed by atoms with Gasteiger partial charge < -0.3 is 14.5 Å². The Kier molecular flexibility index (Phi) is 7.33. The topological polar surface area (TPSA) is 93.5 Å². The lowest BCUT2D eigenvalue weighted by Gasteiger charge is -2.23. The van der Waals surface area contributed by atoms with Crippen LogP contribution < -0.4 is 4.90 Å². The Balaban J connectivity index is 1.54. The summed E-state index contributed by atoms with van der Waals surface area (Å²) in [4.78, 5) is 39.0. The highest BCUT2D eigenvalue weighted by atomic mass is 16.5. The number of amides is 1. The lowest BCUT2D eigenvalue weighted by molar-refractivity contribution is 0.0525. The number of hydrogen-bond donors (Lipinski definition) is 0. The molecule has 4 rings (SSSR count). The van der Waals surface area contributed by atoms with Gasteiger partial charge >= 0.3 is 5.97 Å². The minimum Gasteiger partial charge on any atom is -0.462 e. The third kappa shape index (κ3) is 5.13. The van der Waals surface area contributed by atoms with Crippen LogP contribution in [0, 0.1) is 0 Å². The molecule has 4 heterocycles. The highest BCUT2D eigenvalue weighted by Crippen LogP contribution is 2.26. The lowest BCUT2D eigenvalue weighted by atomic mass is 10.0. The molecule has 9 heteroatoms. The van der Waals surface area contributed by atoms with Crippen molar-refractivity contribution >= 4 is 28.7 Å². The van der Waals surface area contributed by atoms with Crippen molar-refractivity contribution in [3.8, 4) is 0 Å². The summed E-state index contributed by atoms with van der Waals surface area (Å²) in [5.41, 5.74) is 2.75. The maximum Gasteiger partial charge on any atom is 0.339 e. The van der Waals surface area contributed by atoms with Gasteiger partial charge in [-0.25, -0.2) is 19.4 Å². The smallest absolute Gasteiger partial charge is 0.339 e. The van der Waals surface area contributed by atoms with E-state index in [2.05, 4.69) is 42.7 Å². The van der Waals surface area contributed by atoms with Crippen LogP contribution in [0.3, 0.4) is 0 Å². The van der Waals surface area contributed by atoms with Gasteiger partial charge in [-0.3, -0.25) is 4.79 Å². The zero-order valence-corrected chi connectivity index (χ0v) is 21.2. The van der Waals surface area contributed by atoms with Gasteiger partial charge in [-0.2, -0.15) is 5.10 Å². The van der Waals surface area contributed by atoms with E-state index in [4.69, 9.17) is 9.72 Å². The molecule has 1 aliphatic rings. The molecule has 0 aromatic carbocycles. The molecular formula is C26H34N6O3. The molecule has 9 nitrogen and oxygen atoms in total. The van der Waals surface area contributed by atoms with Crippen molar-refractivity contribution in [3.05, 3.63) is 47.4 Å². The minimum atomic E-state index is -0.371. The molecule has 1 fully saturated rings. The summed E-state index contributed by atoms with van der Waals surface area (Å²) in [5.74, 6) is 0.628. The highest BCUT2D eigenvalue weighted by Gasteiger charge is 2.25. The number of esters is 1. The molecule has 35 heavy (non-hydrogen) atoms. The molecule has 0 N–H and O–H groups in total. The average molecular weight is 479 g/mol. The van der Waals surface area contributed by atoms with Crippen molar-refractivity contribution < 1.29 is 14.3 Å². The van der Waals surface area contributed by atoms with Crippen LogP contribution in [0.25, 0.3) is 11.0 Å². The molecule has 186 valence electrons. The SMILES string of the molecule is CCOC(=O)c1ccc(N2CCCN(C(=O)c3cc(C(C)C)nc4c3cnn4C(C)C)CC2)nc1.